The molecule has 1 aliphatic heterocycles. The molecule has 1 aliphatic rings. The van der Waals surface area contributed by atoms with E-state index in [0.29, 0.717) is 19.5 Å². The molecule has 1 heterocycles. The molecule has 0 aromatic heterocycles. The number of nitrogens with zero attached hydrogens (tertiary/aromatic N) is 2. The molecule has 18 heavy (non-hydrogen) atoms. The highest BCUT2D eigenvalue weighted by Gasteiger charge is 2.27. The highest BCUT2D eigenvalue weighted by atomic mass is 79.9. The Bertz CT molecular complexity index is 502. The van der Waals surface area contributed by atoms with Gasteiger partial charge in [-0.3, -0.25) is 9.59 Å². The van der Waals surface area contributed by atoms with E-state index < -0.39 is 0 Å². The summed E-state index contributed by atoms with van der Waals surface area (Å²) in [6, 6.07) is 5.85. The van der Waals surface area contributed by atoms with Gasteiger partial charge in [-0.05, 0) is 25.1 Å². The molecule has 0 spiro atoms. The first kappa shape index (κ1) is 13.1. The van der Waals surface area contributed by atoms with Gasteiger partial charge in [0.25, 0.3) is 0 Å². The summed E-state index contributed by atoms with van der Waals surface area (Å²) in [6.45, 7) is 2.35. The van der Waals surface area contributed by atoms with Crippen LogP contribution in [0.25, 0.3) is 0 Å². The van der Waals surface area contributed by atoms with E-state index in [1.807, 2.05) is 30.1 Å². The third kappa shape index (κ3) is 2.56. The minimum atomic E-state index is 0.0318. The van der Waals surface area contributed by atoms with Crippen molar-refractivity contribution in [3.63, 3.8) is 0 Å². The van der Waals surface area contributed by atoms with Gasteiger partial charge >= 0.3 is 0 Å². The molecule has 0 radical (unpaired) electrons. The number of anilines is 2. The number of hydrogen-bond donors (Lipinski definition) is 0. The molecule has 4 nitrogen and oxygen atoms in total. The topological polar surface area (TPSA) is 40.6 Å². The molecule has 1 aromatic rings. The van der Waals surface area contributed by atoms with Crippen LogP contribution >= 0.6 is 15.9 Å². The summed E-state index contributed by atoms with van der Waals surface area (Å²) in [5, 5.41) is 0. The van der Waals surface area contributed by atoms with Gasteiger partial charge in [-0.2, -0.15) is 0 Å². The van der Waals surface area contributed by atoms with Crippen LogP contribution in [-0.4, -0.2) is 31.8 Å². The van der Waals surface area contributed by atoms with Gasteiger partial charge < -0.3 is 9.80 Å². The minimum absolute atomic E-state index is 0.0318. The standard InChI is InChI=1S/C13H15BrN2O2/c1-9(17)5-6-16-12-7-10(14)3-4-11(12)15(2)8-13(16)18/h3-4,7H,5-6,8H2,1-2H3. The Hall–Kier alpha value is -1.36. The van der Waals surface area contributed by atoms with Crippen molar-refractivity contribution in [3.05, 3.63) is 22.7 Å². The fourth-order valence-electron chi connectivity index (χ4n) is 2.06. The van der Waals surface area contributed by atoms with Gasteiger partial charge in [-0.25, -0.2) is 0 Å². The number of carbonyl (C=O) groups is 2. The van der Waals surface area contributed by atoms with Gasteiger partial charge in [0.2, 0.25) is 5.91 Å². The molecule has 0 saturated carbocycles. The van der Waals surface area contributed by atoms with Crippen molar-refractivity contribution in [2.24, 2.45) is 0 Å². The summed E-state index contributed by atoms with van der Waals surface area (Å²) in [6.07, 6.45) is 0.390. The van der Waals surface area contributed by atoms with Crippen LogP contribution in [0, 0.1) is 0 Å². The van der Waals surface area contributed by atoms with Crippen molar-refractivity contribution < 1.29 is 9.59 Å². The average Bonchev–Trinajstić information content (AvgIpc) is 2.27. The lowest BCUT2D eigenvalue weighted by molar-refractivity contribution is -0.118. The number of benzene rings is 1. The first-order valence-corrected chi connectivity index (χ1v) is 6.59. The third-order valence-electron chi connectivity index (χ3n) is 3.00. The van der Waals surface area contributed by atoms with Crippen LogP contribution in [0.5, 0.6) is 0 Å². The Labute approximate surface area is 115 Å². The molecular formula is C13H15BrN2O2. The molecule has 0 fully saturated rings. The number of halogens is 1. The maximum atomic E-state index is 12.0. The van der Waals surface area contributed by atoms with Gasteiger partial charge in [0.05, 0.1) is 17.9 Å². The molecule has 0 saturated heterocycles. The van der Waals surface area contributed by atoms with Crippen LogP contribution in [0.15, 0.2) is 22.7 Å². The SMILES string of the molecule is CC(=O)CCN1C(=O)CN(C)c2ccc(Br)cc21. The Kier molecular flexibility index (Phi) is 3.71. The van der Waals surface area contributed by atoms with Gasteiger partial charge in [0.15, 0.2) is 0 Å². The zero-order valence-corrected chi connectivity index (χ0v) is 12.0. The van der Waals surface area contributed by atoms with Crippen molar-refractivity contribution in [1.29, 1.82) is 0 Å². The lowest BCUT2D eigenvalue weighted by Crippen LogP contribution is -2.45. The largest absolute Gasteiger partial charge is 0.364 e. The zero-order valence-electron chi connectivity index (χ0n) is 10.4. The normalized spacial score (nSPS) is 14.7. The lowest BCUT2D eigenvalue weighted by atomic mass is 10.1. The molecule has 0 bridgehead atoms. The second kappa shape index (κ2) is 5.10. The number of likely N-dealkylation sites (N-methyl/N-ethyl adjacent to an activating group) is 1. The first-order valence-electron chi connectivity index (χ1n) is 5.79. The van der Waals surface area contributed by atoms with Gasteiger partial charge in [0.1, 0.15) is 5.78 Å². The number of Topliss-reactive ketones (excluding diaryl/α,β-unsaturated/α-hetero) is 1. The smallest absolute Gasteiger partial charge is 0.246 e. The van der Waals surface area contributed by atoms with Crippen molar-refractivity contribution in [1.82, 2.24) is 0 Å². The lowest BCUT2D eigenvalue weighted by Gasteiger charge is -2.35. The molecule has 0 N–H and O–H groups in total. The van der Waals surface area contributed by atoms with Crippen LogP contribution in [-0.2, 0) is 9.59 Å². The van der Waals surface area contributed by atoms with E-state index in [-0.39, 0.29) is 11.7 Å². The highest BCUT2D eigenvalue weighted by molar-refractivity contribution is 9.10. The van der Waals surface area contributed by atoms with Crippen LogP contribution in [0.3, 0.4) is 0 Å². The fourth-order valence-corrected chi connectivity index (χ4v) is 2.41. The maximum Gasteiger partial charge on any atom is 0.246 e. The monoisotopic (exact) mass is 310 g/mol. The van der Waals surface area contributed by atoms with Crippen molar-refractivity contribution in [2.45, 2.75) is 13.3 Å². The summed E-state index contributed by atoms with van der Waals surface area (Å²) in [4.78, 5) is 26.7. The Balaban J connectivity index is 2.35. The average molecular weight is 311 g/mol. The fraction of sp³-hybridized carbons (Fsp3) is 0.385. The van der Waals surface area contributed by atoms with Crippen molar-refractivity contribution in [3.8, 4) is 0 Å². The number of ketones is 1. The van der Waals surface area contributed by atoms with E-state index in [0.717, 1.165) is 15.8 Å². The van der Waals surface area contributed by atoms with Crippen LogP contribution in [0.1, 0.15) is 13.3 Å². The van der Waals surface area contributed by atoms with Crippen LogP contribution in [0.2, 0.25) is 0 Å². The molecule has 1 amide bonds. The van der Waals surface area contributed by atoms with E-state index in [9.17, 15) is 9.59 Å². The predicted molar refractivity (Wildman–Crippen MR) is 75.1 cm³/mol. The van der Waals surface area contributed by atoms with Gasteiger partial charge in [-0.1, -0.05) is 15.9 Å². The number of hydrogen-bond acceptors (Lipinski definition) is 3. The van der Waals surface area contributed by atoms with Gasteiger partial charge in [-0.15, -0.1) is 0 Å². The van der Waals surface area contributed by atoms with E-state index in [1.54, 1.807) is 11.8 Å². The van der Waals surface area contributed by atoms with E-state index in [1.165, 1.54) is 0 Å². The summed E-state index contributed by atoms with van der Waals surface area (Å²) in [5.41, 5.74) is 1.88. The summed E-state index contributed by atoms with van der Waals surface area (Å²) in [7, 11) is 1.90. The van der Waals surface area contributed by atoms with E-state index in [4.69, 9.17) is 0 Å². The maximum absolute atomic E-state index is 12.0. The molecule has 1 aromatic carbocycles. The number of fused-ring (bicyclic) bond motifs is 1. The predicted octanol–water partition coefficient (Wildman–Crippen LogP) is 2.21. The first-order chi connectivity index (χ1) is 8.49. The summed E-state index contributed by atoms with van der Waals surface area (Å²) < 4.78 is 0.928. The molecule has 5 heteroatoms. The molecule has 0 unspecified atom stereocenters. The molecular weight excluding hydrogens is 296 g/mol. The number of carbonyl (C=O) groups excluding carboxylic acids is 2. The highest BCUT2D eigenvalue weighted by Crippen LogP contribution is 2.35. The van der Waals surface area contributed by atoms with Crippen molar-refractivity contribution >= 4 is 39.0 Å². The number of amides is 1. The van der Waals surface area contributed by atoms with Crippen LogP contribution < -0.4 is 9.80 Å². The van der Waals surface area contributed by atoms with E-state index >= 15 is 0 Å². The van der Waals surface area contributed by atoms with Gasteiger partial charge in [0, 0.05) is 24.5 Å². The summed E-state index contributed by atoms with van der Waals surface area (Å²) >= 11 is 3.41. The zero-order chi connectivity index (χ0) is 13.3. The Morgan fingerprint density at radius 3 is 2.78 bits per heavy atom. The quantitative estimate of drug-likeness (QED) is 0.859. The molecule has 0 aliphatic carbocycles. The Morgan fingerprint density at radius 2 is 2.11 bits per heavy atom. The summed E-state index contributed by atoms with van der Waals surface area (Å²) in [5.74, 6) is 0.127. The number of rotatable bonds is 3. The minimum Gasteiger partial charge on any atom is -0.364 e. The molecule has 2 rings (SSSR count). The molecule has 0 atom stereocenters. The van der Waals surface area contributed by atoms with Crippen LogP contribution in [0.4, 0.5) is 11.4 Å². The Morgan fingerprint density at radius 1 is 1.39 bits per heavy atom. The van der Waals surface area contributed by atoms with E-state index in [2.05, 4.69) is 15.9 Å². The third-order valence-corrected chi connectivity index (χ3v) is 3.49. The van der Waals surface area contributed by atoms with Crippen molar-refractivity contribution in [2.75, 3.05) is 29.9 Å². The second-order valence-electron chi connectivity index (χ2n) is 4.49. The second-order valence-corrected chi connectivity index (χ2v) is 5.40. The molecule has 96 valence electrons.